The molecule has 2 heterocycles. The van der Waals surface area contributed by atoms with Crippen LogP contribution in [0.4, 0.5) is 0 Å². The van der Waals surface area contributed by atoms with Gasteiger partial charge < -0.3 is 15.2 Å². The Balaban J connectivity index is 1.70. The zero-order valence-electron chi connectivity index (χ0n) is 17.0. The molecule has 0 saturated carbocycles. The number of carbonyl (C=O) groups is 1. The van der Waals surface area contributed by atoms with Crippen LogP contribution in [0.5, 0.6) is 5.88 Å². The maximum absolute atomic E-state index is 11.8. The number of methoxy groups -OCH3 is 1. The van der Waals surface area contributed by atoms with Gasteiger partial charge in [0.25, 0.3) is 0 Å². The van der Waals surface area contributed by atoms with Crippen molar-refractivity contribution >= 4 is 17.7 Å². The molecule has 4 rings (SSSR count). The molecule has 0 saturated heterocycles. The number of H-pyrrole nitrogens is 1. The number of rotatable bonds is 5. The van der Waals surface area contributed by atoms with E-state index < -0.39 is 11.9 Å². The van der Waals surface area contributed by atoms with Crippen LogP contribution in [0, 0.1) is 18.3 Å². The van der Waals surface area contributed by atoms with Gasteiger partial charge in [0.2, 0.25) is 11.8 Å². The Bertz CT molecular complexity index is 1190. The number of nitrogens with two attached hydrogens (primary N) is 1. The van der Waals surface area contributed by atoms with E-state index in [9.17, 15) is 10.1 Å². The number of aryl methyl sites for hydroxylation is 1. The quantitative estimate of drug-likeness (QED) is 0.462. The molecule has 8 heteroatoms. The number of nitriles is 1. The third kappa shape index (κ3) is 4.00. The van der Waals surface area contributed by atoms with E-state index in [2.05, 4.69) is 40.5 Å². The maximum Gasteiger partial charge on any atom is 0.337 e. The number of aromatic nitrogens is 2. The number of benzene rings is 2. The maximum atomic E-state index is 11.8. The summed E-state index contributed by atoms with van der Waals surface area (Å²) in [7, 11) is 1.34. The van der Waals surface area contributed by atoms with Gasteiger partial charge in [-0.3, -0.25) is 5.10 Å². The Hall–Kier alpha value is -3.70. The van der Waals surface area contributed by atoms with Crippen molar-refractivity contribution in [3.8, 4) is 11.9 Å². The fourth-order valence-electron chi connectivity index (χ4n) is 3.47. The van der Waals surface area contributed by atoms with Crippen LogP contribution >= 0.6 is 11.8 Å². The second kappa shape index (κ2) is 8.58. The third-order valence-corrected chi connectivity index (χ3v) is 6.13. The number of hydrogen-bond acceptors (Lipinski definition) is 7. The molecule has 0 spiro atoms. The SMILES string of the molecule is COC(=O)c1ccc(C2C(C#N)=C(N)Oc3n[nH]c(CSc4ccc(C)cc4)c32)cc1. The van der Waals surface area contributed by atoms with E-state index in [1.807, 2.05) is 6.92 Å². The molecule has 1 atom stereocenters. The summed E-state index contributed by atoms with van der Waals surface area (Å²) in [5.41, 5.74) is 10.4. The van der Waals surface area contributed by atoms with Gasteiger partial charge in [-0.15, -0.1) is 16.9 Å². The highest BCUT2D eigenvalue weighted by Gasteiger charge is 2.35. The fraction of sp³-hybridized carbons (Fsp3) is 0.174. The molecular formula is C23H20N4O3S. The van der Waals surface area contributed by atoms with Crippen molar-refractivity contribution in [1.82, 2.24) is 10.2 Å². The summed E-state index contributed by atoms with van der Waals surface area (Å²) in [4.78, 5) is 12.9. The number of aromatic amines is 1. The lowest BCUT2D eigenvalue weighted by Gasteiger charge is -2.24. The van der Waals surface area contributed by atoms with Crippen LogP contribution in [0.3, 0.4) is 0 Å². The predicted octanol–water partition coefficient (Wildman–Crippen LogP) is 4.02. The lowest BCUT2D eigenvalue weighted by atomic mass is 9.84. The minimum Gasteiger partial charge on any atom is -0.465 e. The normalized spacial score (nSPS) is 15.1. The zero-order chi connectivity index (χ0) is 22.0. The van der Waals surface area contributed by atoms with Crippen LogP contribution in [0.15, 0.2) is 64.9 Å². The summed E-state index contributed by atoms with van der Waals surface area (Å²) < 4.78 is 10.4. The number of carbonyl (C=O) groups excluding carboxylic acids is 1. The van der Waals surface area contributed by atoms with E-state index in [0.29, 0.717) is 22.8 Å². The molecular weight excluding hydrogens is 412 g/mol. The standard InChI is InChI=1S/C23H20N4O3S/c1-13-3-9-16(10-4-13)31-12-18-20-19(14-5-7-15(8-6-14)23(28)29-2)17(11-24)21(25)30-22(20)27-26-18/h3-10,19H,12,25H2,1-2H3,(H,26,27). The summed E-state index contributed by atoms with van der Waals surface area (Å²) in [5, 5.41) is 17.1. The van der Waals surface area contributed by atoms with Gasteiger partial charge in [-0.1, -0.05) is 29.8 Å². The molecule has 1 unspecified atom stereocenters. The van der Waals surface area contributed by atoms with E-state index in [0.717, 1.165) is 21.7 Å². The summed E-state index contributed by atoms with van der Waals surface area (Å²) in [6, 6.07) is 17.4. The Morgan fingerprint density at radius 2 is 1.97 bits per heavy atom. The first-order valence-corrected chi connectivity index (χ1v) is 10.5. The van der Waals surface area contributed by atoms with Crippen LogP contribution in [0.1, 0.15) is 38.7 Å². The van der Waals surface area contributed by atoms with Crippen molar-refractivity contribution in [2.75, 3.05) is 7.11 Å². The Kier molecular flexibility index (Phi) is 5.69. The van der Waals surface area contributed by atoms with Crippen molar-refractivity contribution in [2.24, 2.45) is 5.73 Å². The molecule has 0 fully saturated rings. The lowest BCUT2D eigenvalue weighted by Crippen LogP contribution is -2.21. The Morgan fingerprint density at radius 3 is 2.61 bits per heavy atom. The van der Waals surface area contributed by atoms with Gasteiger partial charge in [0.15, 0.2) is 0 Å². The second-order valence-electron chi connectivity index (χ2n) is 7.06. The first kappa shape index (κ1) is 20.6. The minimum absolute atomic E-state index is 0.0290. The Morgan fingerprint density at radius 1 is 1.26 bits per heavy atom. The molecule has 2 aromatic carbocycles. The summed E-state index contributed by atoms with van der Waals surface area (Å²) in [6.07, 6.45) is 0. The number of ether oxygens (including phenoxy) is 2. The predicted molar refractivity (Wildman–Crippen MR) is 116 cm³/mol. The van der Waals surface area contributed by atoms with E-state index in [4.69, 9.17) is 15.2 Å². The van der Waals surface area contributed by atoms with E-state index in [1.165, 1.54) is 12.7 Å². The van der Waals surface area contributed by atoms with Crippen molar-refractivity contribution in [2.45, 2.75) is 23.5 Å². The van der Waals surface area contributed by atoms with Crippen molar-refractivity contribution < 1.29 is 14.3 Å². The molecule has 3 N–H and O–H groups in total. The molecule has 3 aromatic rings. The smallest absolute Gasteiger partial charge is 0.337 e. The number of nitrogens with one attached hydrogen (secondary N) is 1. The molecule has 1 aromatic heterocycles. The monoisotopic (exact) mass is 432 g/mol. The highest BCUT2D eigenvalue weighted by Crippen LogP contribution is 2.44. The average molecular weight is 433 g/mol. The summed E-state index contributed by atoms with van der Waals surface area (Å²) in [5.74, 6) is 0.129. The summed E-state index contributed by atoms with van der Waals surface area (Å²) in [6.45, 7) is 2.05. The number of hydrogen-bond donors (Lipinski definition) is 2. The highest BCUT2D eigenvalue weighted by molar-refractivity contribution is 7.98. The number of nitrogens with zero attached hydrogens (tertiary/aromatic N) is 2. The van der Waals surface area contributed by atoms with Gasteiger partial charge in [0, 0.05) is 10.6 Å². The molecule has 156 valence electrons. The van der Waals surface area contributed by atoms with Crippen LogP contribution in [0.2, 0.25) is 0 Å². The molecule has 31 heavy (non-hydrogen) atoms. The van der Waals surface area contributed by atoms with E-state index >= 15 is 0 Å². The summed E-state index contributed by atoms with van der Waals surface area (Å²) >= 11 is 1.66. The van der Waals surface area contributed by atoms with Gasteiger partial charge in [-0.05, 0) is 36.8 Å². The second-order valence-corrected chi connectivity index (χ2v) is 8.11. The molecule has 0 bridgehead atoms. The number of allylic oxidation sites excluding steroid dienone is 1. The highest BCUT2D eigenvalue weighted by atomic mass is 32.2. The van der Waals surface area contributed by atoms with Crippen LogP contribution in [-0.2, 0) is 10.5 Å². The van der Waals surface area contributed by atoms with E-state index in [-0.39, 0.29) is 5.88 Å². The van der Waals surface area contributed by atoms with Crippen molar-refractivity contribution in [1.29, 1.82) is 5.26 Å². The van der Waals surface area contributed by atoms with Crippen molar-refractivity contribution in [3.05, 3.63) is 87.9 Å². The Labute approximate surface area is 183 Å². The average Bonchev–Trinajstić information content (AvgIpc) is 3.19. The first-order chi connectivity index (χ1) is 15.0. The van der Waals surface area contributed by atoms with Crippen LogP contribution < -0.4 is 10.5 Å². The lowest BCUT2D eigenvalue weighted by molar-refractivity contribution is 0.0600. The van der Waals surface area contributed by atoms with Crippen LogP contribution in [-0.4, -0.2) is 23.3 Å². The van der Waals surface area contributed by atoms with Gasteiger partial charge in [0.05, 0.1) is 29.8 Å². The molecule has 1 aliphatic heterocycles. The van der Waals surface area contributed by atoms with Gasteiger partial charge >= 0.3 is 5.97 Å². The van der Waals surface area contributed by atoms with Gasteiger partial charge in [-0.25, -0.2) is 4.79 Å². The first-order valence-electron chi connectivity index (χ1n) is 9.54. The van der Waals surface area contributed by atoms with Gasteiger partial charge in [0.1, 0.15) is 11.6 Å². The molecule has 1 aliphatic rings. The number of fused-ring (bicyclic) bond motifs is 1. The molecule has 0 amide bonds. The largest absolute Gasteiger partial charge is 0.465 e. The minimum atomic E-state index is -0.451. The zero-order valence-corrected chi connectivity index (χ0v) is 17.8. The van der Waals surface area contributed by atoms with Crippen molar-refractivity contribution in [3.63, 3.8) is 0 Å². The third-order valence-electron chi connectivity index (χ3n) is 5.09. The van der Waals surface area contributed by atoms with Gasteiger partial charge in [-0.2, -0.15) is 5.26 Å². The fourth-order valence-corrected chi connectivity index (χ4v) is 4.33. The number of thioether (sulfide) groups is 1. The number of esters is 1. The topological polar surface area (TPSA) is 114 Å². The van der Waals surface area contributed by atoms with E-state index in [1.54, 1.807) is 36.0 Å². The van der Waals surface area contributed by atoms with Crippen LogP contribution in [0.25, 0.3) is 0 Å². The molecule has 0 radical (unpaired) electrons. The molecule has 7 nitrogen and oxygen atoms in total. The molecule has 0 aliphatic carbocycles.